The van der Waals surface area contributed by atoms with Gasteiger partial charge < -0.3 is 9.84 Å². The monoisotopic (exact) mass is 200 g/mol. The van der Waals surface area contributed by atoms with E-state index in [4.69, 9.17) is 9.84 Å². The molecule has 1 rings (SSSR count). The summed E-state index contributed by atoms with van der Waals surface area (Å²) in [5.41, 5.74) is -0.591. The number of ether oxygens (including phenoxy) is 1. The molecule has 0 saturated carbocycles. The third-order valence-corrected chi connectivity index (χ3v) is 2.16. The maximum atomic E-state index is 11.4. The molecule has 0 radical (unpaired) electrons. The topological polar surface area (TPSA) is 80.7 Å². The number of rotatable bonds is 2. The van der Waals surface area contributed by atoms with Crippen molar-refractivity contribution in [2.45, 2.75) is 25.9 Å². The lowest BCUT2D eigenvalue weighted by Crippen LogP contribution is -2.45. The molecule has 0 aliphatic carbocycles. The molecule has 0 bridgehead atoms. The standard InChI is InChI=1S/C9H12O5/c1-9(2)3-6(10)5(4-14-9)7(11)8(12)13/h5H,3-4H2,1-2H3,(H,12,13). The molecule has 1 heterocycles. The van der Waals surface area contributed by atoms with Crippen LogP contribution in [0.4, 0.5) is 0 Å². The van der Waals surface area contributed by atoms with E-state index in [1.807, 2.05) is 0 Å². The van der Waals surface area contributed by atoms with Crippen molar-refractivity contribution in [1.29, 1.82) is 0 Å². The van der Waals surface area contributed by atoms with Crippen molar-refractivity contribution < 1.29 is 24.2 Å². The van der Waals surface area contributed by atoms with E-state index < -0.39 is 23.3 Å². The molecule has 1 aliphatic rings. The highest BCUT2D eigenvalue weighted by atomic mass is 16.5. The molecule has 1 N–H and O–H groups in total. The molecule has 1 fully saturated rings. The summed E-state index contributed by atoms with van der Waals surface area (Å²) in [6.45, 7) is 3.33. The molecule has 14 heavy (non-hydrogen) atoms. The first-order valence-electron chi connectivity index (χ1n) is 4.27. The van der Waals surface area contributed by atoms with E-state index in [9.17, 15) is 14.4 Å². The van der Waals surface area contributed by atoms with Crippen molar-refractivity contribution in [3.05, 3.63) is 0 Å². The molecule has 0 spiro atoms. The minimum absolute atomic E-state index is 0.0800. The fourth-order valence-corrected chi connectivity index (χ4v) is 1.37. The van der Waals surface area contributed by atoms with Crippen molar-refractivity contribution in [1.82, 2.24) is 0 Å². The Morgan fingerprint density at radius 1 is 1.50 bits per heavy atom. The highest BCUT2D eigenvalue weighted by Gasteiger charge is 2.40. The Labute approximate surface area is 81.0 Å². The summed E-state index contributed by atoms with van der Waals surface area (Å²) in [7, 11) is 0. The van der Waals surface area contributed by atoms with Crippen LogP contribution in [-0.2, 0) is 19.1 Å². The van der Waals surface area contributed by atoms with Crippen LogP contribution in [0, 0.1) is 5.92 Å². The van der Waals surface area contributed by atoms with Crippen LogP contribution in [0.15, 0.2) is 0 Å². The van der Waals surface area contributed by atoms with Crippen LogP contribution >= 0.6 is 0 Å². The van der Waals surface area contributed by atoms with Crippen LogP contribution in [0.25, 0.3) is 0 Å². The average molecular weight is 200 g/mol. The number of carboxylic acids is 1. The summed E-state index contributed by atoms with van der Waals surface area (Å²) in [4.78, 5) is 32.8. The Morgan fingerprint density at radius 2 is 2.07 bits per heavy atom. The first-order chi connectivity index (χ1) is 6.33. The molecular formula is C9H12O5. The highest BCUT2D eigenvalue weighted by molar-refractivity contribution is 6.37. The van der Waals surface area contributed by atoms with Crippen molar-refractivity contribution >= 4 is 17.5 Å². The van der Waals surface area contributed by atoms with Gasteiger partial charge in [0, 0.05) is 6.42 Å². The van der Waals surface area contributed by atoms with Gasteiger partial charge in [-0.15, -0.1) is 0 Å². The minimum Gasteiger partial charge on any atom is -0.475 e. The lowest BCUT2D eigenvalue weighted by atomic mass is 9.88. The molecule has 0 aromatic rings. The Balaban J connectivity index is 2.73. The second-order valence-corrected chi connectivity index (χ2v) is 3.94. The molecule has 78 valence electrons. The van der Waals surface area contributed by atoms with E-state index in [0.717, 1.165) is 0 Å². The number of aliphatic carboxylic acids is 1. The van der Waals surface area contributed by atoms with Crippen LogP contribution < -0.4 is 0 Å². The zero-order valence-corrected chi connectivity index (χ0v) is 8.07. The van der Waals surface area contributed by atoms with Gasteiger partial charge in [-0.25, -0.2) is 4.79 Å². The van der Waals surface area contributed by atoms with Crippen LogP contribution in [0.5, 0.6) is 0 Å². The molecule has 0 aromatic carbocycles. The number of Topliss-reactive ketones (excluding diaryl/α,β-unsaturated/α-hetero) is 2. The number of carboxylic acid groups (broad SMARTS) is 1. The third-order valence-electron chi connectivity index (χ3n) is 2.16. The van der Waals surface area contributed by atoms with Gasteiger partial charge in [-0.3, -0.25) is 9.59 Å². The summed E-state index contributed by atoms with van der Waals surface area (Å²) < 4.78 is 5.21. The summed E-state index contributed by atoms with van der Waals surface area (Å²) in [5, 5.41) is 8.42. The van der Waals surface area contributed by atoms with Gasteiger partial charge in [0.15, 0.2) is 0 Å². The SMILES string of the molecule is CC1(C)CC(=O)C(C(=O)C(=O)O)CO1. The van der Waals surface area contributed by atoms with E-state index >= 15 is 0 Å². The van der Waals surface area contributed by atoms with Crippen molar-refractivity contribution in [3.63, 3.8) is 0 Å². The Morgan fingerprint density at radius 3 is 2.50 bits per heavy atom. The molecule has 5 heteroatoms. The molecule has 0 aromatic heterocycles. The molecule has 1 unspecified atom stereocenters. The van der Waals surface area contributed by atoms with E-state index in [-0.39, 0.29) is 18.8 Å². The van der Waals surface area contributed by atoms with Crippen LogP contribution in [0.3, 0.4) is 0 Å². The van der Waals surface area contributed by atoms with Crippen molar-refractivity contribution in [2.75, 3.05) is 6.61 Å². The van der Waals surface area contributed by atoms with Gasteiger partial charge in [0.05, 0.1) is 12.2 Å². The van der Waals surface area contributed by atoms with Gasteiger partial charge in [0.25, 0.3) is 5.78 Å². The maximum absolute atomic E-state index is 11.4. The van der Waals surface area contributed by atoms with Gasteiger partial charge in [-0.1, -0.05) is 0 Å². The van der Waals surface area contributed by atoms with E-state index in [1.54, 1.807) is 13.8 Å². The predicted molar refractivity (Wildman–Crippen MR) is 45.8 cm³/mol. The van der Waals surface area contributed by atoms with Gasteiger partial charge in [-0.05, 0) is 13.8 Å². The van der Waals surface area contributed by atoms with Crippen molar-refractivity contribution in [2.24, 2.45) is 5.92 Å². The second kappa shape index (κ2) is 3.49. The largest absolute Gasteiger partial charge is 0.475 e. The zero-order valence-electron chi connectivity index (χ0n) is 8.07. The normalized spacial score (nSPS) is 25.9. The maximum Gasteiger partial charge on any atom is 0.373 e. The smallest absolute Gasteiger partial charge is 0.373 e. The fourth-order valence-electron chi connectivity index (χ4n) is 1.37. The molecule has 1 aliphatic heterocycles. The Hall–Kier alpha value is -1.23. The Bertz CT molecular complexity index is 292. The lowest BCUT2D eigenvalue weighted by molar-refractivity contribution is -0.161. The van der Waals surface area contributed by atoms with E-state index in [1.165, 1.54) is 0 Å². The van der Waals surface area contributed by atoms with E-state index in [0.29, 0.717) is 0 Å². The number of carbonyl (C=O) groups is 3. The summed E-state index contributed by atoms with van der Waals surface area (Å²) in [6.07, 6.45) is 0.0800. The predicted octanol–water partition coefficient (Wildman–Crippen LogP) is 0.0243. The first kappa shape index (κ1) is 10.8. The van der Waals surface area contributed by atoms with Gasteiger partial charge in [0.2, 0.25) is 0 Å². The summed E-state index contributed by atoms with van der Waals surface area (Å²) in [6, 6.07) is 0. The molecular weight excluding hydrogens is 188 g/mol. The van der Waals surface area contributed by atoms with Gasteiger partial charge in [0.1, 0.15) is 11.7 Å². The number of ketones is 2. The van der Waals surface area contributed by atoms with Crippen LogP contribution in [0.2, 0.25) is 0 Å². The lowest BCUT2D eigenvalue weighted by Gasteiger charge is -2.32. The van der Waals surface area contributed by atoms with E-state index in [2.05, 4.69) is 0 Å². The molecule has 5 nitrogen and oxygen atoms in total. The minimum atomic E-state index is -1.58. The first-order valence-corrected chi connectivity index (χ1v) is 4.27. The average Bonchev–Trinajstić information content (AvgIpc) is 2.01. The fraction of sp³-hybridized carbons (Fsp3) is 0.667. The molecule has 0 amide bonds. The number of hydrogen-bond donors (Lipinski definition) is 1. The zero-order chi connectivity index (χ0) is 10.9. The molecule has 1 atom stereocenters. The number of carbonyl (C=O) groups excluding carboxylic acids is 2. The number of hydrogen-bond acceptors (Lipinski definition) is 4. The van der Waals surface area contributed by atoms with Crippen LogP contribution in [0.1, 0.15) is 20.3 Å². The molecule has 1 saturated heterocycles. The third kappa shape index (κ3) is 2.17. The van der Waals surface area contributed by atoms with Gasteiger partial charge >= 0.3 is 5.97 Å². The summed E-state index contributed by atoms with van der Waals surface area (Å²) in [5.74, 6) is -4.13. The van der Waals surface area contributed by atoms with Crippen molar-refractivity contribution in [3.8, 4) is 0 Å². The second-order valence-electron chi connectivity index (χ2n) is 3.94. The van der Waals surface area contributed by atoms with Crippen LogP contribution in [-0.4, -0.2) is 34.9 Å². The quantitative estimate of drug-likeness (QED) is 0.502. The van der Waals surface area contributed by atoms with Gasteiger partial charge in [-0.2, -0.15) is 0 Å². The Kier molecular flexibility index (Phi) is 2.71. The summed E-state index contributed by atoms with van der Waals surface area (Å²) >= 11 is 0. The highest BCUT2D eigenvalue weighted by Crippen LogP contribution is 2.25.